The summed E-state index contributed by atoms with van der Waals surface area (Å²) in [6.07, 6.45) is 3.86. The molecule has 0 aliphatic heterocycles. The molecule has 1 aromatic carbocycles. The van der Waals surface area contributed by atoms with Crippen molar-refractivity contribution in [3.05, 3.63) is 48.3 Å². The Morgan fingerprint density at radius 2 is 2.05 bits per heavy atom. The summed E-state index contributed by atoms with van der Waals surface area (Å²) in [6, 6.07) is 7.58. The molecule has 0 aliphatic rings. The van der Waals surface area contributed by atoms with Crippen LogP contribution < -0.4 is 11.3 Å². The average Bonchev–Trinajstić information content (AvgIpc) is 2.89. The van der Waals surface area contributed by atoms with Crippen molar-refractivity contribution in [1.82, 2.24) is 30.2 Å². The summed E-state index contributed by atoms with van der Waals surface area (Å²) in [5.74, 6) is 6.48. The van der Waals surface area contributed by atoms with Gasteiger partial charge in [0.1, 0.15) is 12.2 Å². The molecular weight excluding hydrogens is 254 g/mol. The van der Waals surface area contributed by atoms with E-state index in [1.807, 2.05) is 31.3 Å². The highest BCUT2D eigenvalue weighted by atomic mass is 15.3. The third-order valence-corrected chi connectivity index (χ3v) is 3.22. The van der Waals surface area contributed by atoms with E-state index >= 15 is 0 Å². The number of fused-ring (bicyclic) bond motifs is 1. The summed E-state index contributed by atoms with van der Waals surface area (Å²) in [5.41, 5.74) is 5.27. The van der Waals surface area contributed by atoms with Crippen LogP contribution in [0.1, 0.15) is 17.6 Å². The molecule has 0 saturated heterocycles. The molecular formula is C13H15N7. The van der Waals surface area contributed by atoms with E-state index in [0.717, 1.165) is 22.6 Å². The number of nitrogens with two attached hydrogens (primary N) is 1. The van der Waals surface area contributed by atoms with Crippen LogP contribution in [0.15, 0.2) is 36.8 Å². The first-order chi connectivity index (χ1) is 9.78. The number of rotatable bonds is 4. The van der Waals surface area contributed by atoms with Gasteiger partial charge in [-0.15, -0.1) is 0 Å². The summed E-state index contributed by atoms with van der Waals surface area (Å²) >= 11 is 0. The second-order valence-electron chi connectivity index (χ2n) is 4.51. The van der Waals surface area contributed by atoms with Crippen molar-refractivity contribution in [3.63, 3.8) is 0 Å². The van der Waals surface area contributed by atoms with Crippen LogP contribution >= 0.6 is 0 Å². The van der Waals surface area contributed by atoms with Gasteiger partial charge in [-0.3, -0.25) is 20.9 Å². The van der Waals surface area contributed by atoms with Gasteiger partial charge in [0.15, 0.2) is 0 Å². The van der Waals surface area contributed by atoms with Crippen LogP contribution in [0.2, 0.25) is 0 Å². The van der Waals surface area contributed by atoms with E-state index in [1.165, 1.54) is 6.33 Å². The average molecular weight is 269 g/mol. The molecule has 0 radical (unpaired) electrons. The molecule has 0 spiro atoms. The molecule has 20 heavy (non-hydrogen) atoms. The van der Waals surface area contributed by atoms with E-state index in [0.29, 0.717) is 6.42 Å². The highest BCUT2D eigenvalue weighted by molar-refractivity contribution is 5.73. The number of aromatic nitrogens is 5. The van der Waals surface area contributed by atoms with Gasteiger partial charge < -0.3 is 0 Å². The van der Waals surface area contributed by atoms with Crippen molar-refractivity contribution in [1.29, 1.82) is 0 Å². The number of para-hydroxylation sites is 2. The van der Waals surface area contributed by atoms with Gasteiger partial charge in [0, 0.05) is 13.5 Å². The number of aryl methyl sites for hydroxylation is 1. The Balaban J connectivity index is 1.92. The maximum absolute atomic E-state index is 5.64. The number of nitrogens with zero attached hydrogens (tertiary/aromatic N) is 5. The molecule has 0 amide bonds. The second-order valence-corrected chi connectivity index (χ2v) is 4.51. The van der Waals surface area contributed by atoms with Crippen LogP contribution in [0.5, 0.6) is 0 Å². The molecule has 3 rings (SSSR count). The molecule has 0 saturated carbocycles. The smallest absolute Gasteiger partial charge is 0.138 e. The monoisotopic (exact) mass is 269 g/mol. The van der Waals surface area contributed by atoms with E-state index in [-0.39, 0.29) is 6.04 Å². The molecule has 0 aliphatic carbocycles. The first-order valence-electron chi connectivity index (χ1n) is 6.28. The lowest BCUT2D eigenvalue weighted by Gasteiger charge is -2.14. The van der Waals surface area contributed by atoms with Crippen LogP contribution in [-0.4, -0.2) is 24.7 Å². The lowest BCUT2D eigenvalue weighted by molar-refractivity contribution is 0.512. The normalized spacial score (nSPS) is 12.7. The van der Waals surface area contributed by atoms with Crippen molar-refractivity contribution in [2.24, 2.45) is 12.9 Å². The maximum atomic E-state index is 5.64. The van der Waals surface area contributed by atoms with Gasteiger partial charge in [-0.25, -0.2) is 9.97 Å². The van der Waals surface area contributed by atoms with E-state index in [2.05, 4.69) is 25.5 Å². The SMILES string of the molecule is Cn1ncnc1CC(NN)c1cnc2ccccc2n1. The van der Waals surface area contributed by atoms with E-state index in [1.54, 1.807) is 10.9 Å². The molecule has 102 valence electrons. The Morgan fingerprint density at radius 3 is 2.75 bits per heavy atom. The molecule has 7 nitrogen and oxygen atoms in total. The fourth-order valence-electron chi connectivity index (χ4n) is 2.08. The molecule has 0 bridgehead atoms. The molecule has 2 heterocycles. The van der Waals surface area contributed by atoms with Gasteiger partial charge in [0.25, 0.3) is 0 Å². The minimum absolute atomic E-state index is 0.157. The molecule has 3 N–H and O–H groups in total. The molecule has 2 aromatic heterocycles. The van der Waals surface area contributed by atoms with Crippen molar-refractivity contribution in [2.45, 2.75) is 12.5 Å². The van der Waals surface area contributed by atoms with Crippen LogP contribution in [-0.2, 0) is 13.5 Å². The van der Waals surface area contributed by atoms with E-state index < -0.39 is 0 Å². The summed E-state index contributed by atoms with van der Waals surface area (Å²) in [6.45, 7) is 0. The number of hydrogen-bond donors (Lipinski definition) is 2. The van der Waals surface area contributed by atoms with Crippen LogP contribution in [0.3, 0.4) is 0 Å². The van der Waals surface area contributed by atoms with Crippen molar-refractivity contribution >= 4 is 11.0 Å². The predicted molar refractivity (Wildman–Crippen MR) is 74.3 cm³/mol. The van der Waals surface area contributed by atoms with E-state index in [9.17, 15) is 0 Å². The summed E-state index contributed by atoms with van der Waals surface area (Å²) in [4.78, 5) is 13.2. The zero-order valence-electron chi connectivity index (χ0n) is 11.1. The number of nitrogens with one attached hydrogen (secondary N) is 1. The van der Waals surface area contributed by atoms with Crippen LogP contribution in [0, 0.1) is 0 Å². The van der Waals surface area contributed by atoms with E-state index in [4.69, 9.17) is 5.84 Å². The predicted octanol–water partition coefficient (Wildman–Crippen LogP) is 0.505. The second kappa shape index (κ2) is 5.32. The van der Waals surface area contributed by atoms with Crippen molar-refractivity contribution in [2.75, 3.05) is 0 Å². The molecule has 1 unspecified atom stereocenters. The van der Waals surface area contributed by atoms with Gasteiger partial charge >= 0.3 is 0 Å². The highest BCUT2D eigenvalue weighted by Crippen LogP contribution is 2.16. The van der Waals surface area contributed by atoms with Crippen molar-refractivity contribution in [3.8, 4) is 0 Å². The first-order valence-corrected chi connectivity index (χ1v) is 6.28. The minimum atomic E-state index is -0.157. The van der Waals surface area contributed by atoms with Crippen molar-refractivity contribution < 1.29 is 0 Å². The third-order valence-electron chi connectivity index (χ3n) is 3.22. The first kappa shape index (κ1) is 12.6. The number of benzene rings is 1. The minimum Gasteiger partial charge on any atom is -0.271 e. The Labute approximate surface area is 115 Å². The fraction of sp³-hybridized carbons (Fsp3) is 0.231. The fourth-order valence-corrected chi connectivity index (χ4v) is 2.08. The Morgan fingerprint density at radius 1 is 1.25 bits per heavy atom. The lowest BCUT2D eigenvalue weighted by Crippen LogP contribution is -2.31. The Bertz CT molecular complexity index is 721. The zero-order valence-corrected chi connectivity index (χ0v) is 11.1. The zero-order chi connectivity index (χ0) is 13.9. The quantitative estimate of drug-likeness (QED) is 0.529. The van der Waals surface area contributed by atoms with Gasteiger partial charge in [0.2, 0.25) is 0 Å². The van der Waals surface area contributed by atoms with Gasteiger partial charge in [-0.2, -0.15) is 5.10 Å². The number of hydrogen-bond acceptors (Lipinski definition) is 6. The maximum Gasteiger partial charge on any atom is 0.138 e. The van der Waals surface area contributed by atoms with Gasteiger partial charge in [0.05, 0.1) is 29.0 Å². The Kier molecular flexibility index (Phi) is 3.36. The van der Waals surface area contributed by atoms with Crippen LogP contribution in [0.4, 0.5) is 0 Å². The molecule has 7 heteroatoms. The van der Waals surface area contributed by atoms with Gasteiger partial charge in [-0.1, -0.05) is 12.1 Å². The summed E-state index contributed by atoms with van der Waals surface area (Å²) < 4.78 is 1.72. The summed E-state index contributed by atoms with van der Waals surface area (Å²) in [5, 5.41) is 4.05. The largest absolute Gasteiger partial charge is 0.271 e. The highest BCUT2D eigenvalue weighted by Gasteiger charge is 2.16. The Hall–Kier alpha value is -2.38. The molecule has 1 atom stereocenters. The molecule has 3 aromatic rings. The topological polar surface area (TPSA) is 94.5 Å². The summed E-state index contributed by atoms with van der Waals surface area (Å²) in [7, 11) is 1.85. The van der Waals surface area contributed by atoms with Crippen LogP contribution in [0.25, 0.3) is 11.0 Å². The van der Waals surface area contributed by atoms with Gasteiger partial charge in [-0.05, 0) is 12.1 Å². The third kappa shape index (κ3) is 2.36. The molecule has 0 fully saturated rings. The number of hydrazine groups is 1. The standard InChI is InChI=1S/C13H15N7/c1-20-13(16-8-17-20)6-11(19-14)12-7-15-9-4-2-3-5-10(9)18-12/h2-5,7-8,11,19H,6,14H2,1H3. The lowest BCUT2D eigenvalue weighted by atomic mass is 10.1.